The molecule has 0 saturated carbocycles. The molecule has 0 spiro atoms. The molecule has 0 bridgehead atoms. The van der Waals surface area contributed by atoms with Crippen molar-refractivity contribution in [3.63, 3.8) is 0 Å². The van der Waals surface area contributed by atoms with E-state index in [0.29, 0.717) is 26.2 Å². The Morgan fingerprint density at radius 3 is 2.87 bits per heavy atom. The number of hydrogen-bond donors (Lipinski definition) is 1. The summed E-state index contributed by atoms with van der Waals surface area (Å²) in [6.07, 6.45) is 1.04. The molecule has 1 aliphatic heterocycles. The summed E-state index contributed by atoms with van der Waals surface area (Å²) in [5.41, 5.74) is 0.949. The maximum absolute atomic E-state index is 12.2. The molecule has 1 aliphatic rings. The van der Waals surface area contributed by atoms with E-state index in [-0.39, 0.29) is 24.2 Å². The van der Waals surface area contributed by atoms with E-state index in [1.807, 2.05) is 24.3 Å². The topological polar surface area (TPSA) is 67.9 Å². The number of nitrogens with one attached hydrogen (secondary N) is 1. The lowest BCUT2D eigenvalue weighted by Gasteiger charge is -2.18. The molecule has 1 heterocycles. The smallest absolute Gasteiger partial charge is 0.225 e. The lowest BCUT2D eigenvalue weighted by molar-refractivity contribution is -0.129. The Balaban J connectivity index is 1.88. The van der Waals surface area contributed by atoms with Gasteiger partial charge in [0.15, 0.2) is 0 Å². The minimum atomic E-state index is -0.278. The number of para-hydroxylation sites is 1. The third-order valence-corrected chi connectivity index (χ3v) is 3.96. The molecular weight excluding hydrogens is 296 g/mol. The molecule has 1 aromatic rings. The van der Waals surface area contributed by atoms with Crippen LogP contribution in [0, 0.1) is 5.92 Å². The fourth-order valence-corrected chi connectivity index (χ4v) is 2.71. The number of rotatable bonds is 8. The summed E-state index contributed by atoms with van der Waals surface area (Å²) in [4.78, 5) is 26.0. The molecule has 0 aromatic heterocycles. The Bertz CT molecular complexity index is 547. The molecule has 0 aliphatic carbocycles. The van der Waals surface area contributed by atoms with Gasteiger partial charge in [0.25, 0.3) is 0 Å². The largest absolute Gasteiger partial charge is 0.496 e. The zero-order valence-corrected chi connectivity index (χ0v) is 13.7. The fraction of sp³-hybridized carbons (Fsp3) is 0.529. The van der Waals surface area contributed by atoms with Gasteiger partial charge in [-0.15, -0.1) is 0 Å². The van der Waals surface area contributed by atoms with E-state index in [2.05, 4.69) is 5.32 Å². The normalized spacial score (nSPS) is 17.4. The zero-order chi connectivity index (χ0) is 16.7. The van der Waals surface area contributed by atoms with Crippen LogP contribution in [0.4, 0.5) is 0 Å². The quantitative estimate of drug-likeness (QED) is 0.731. The summed E-state index contributed by atoms with van der Waals surface area (Å²) < 4.78 is 10.3. The van der Waals surface area contributed by atoms with Crippen molar-refractivity contribution in [2.24, 2.45) is 5.92 Å². The van der Waals surface area contributed by atoms with Gasteiger partial charge in [0.2, 0.25) is 11.8 Å². The van der Waals surface area contributed by atoms with Crippen LogP contribution in [0.2, 0.25) is 0 Å². The SMILES string of the molecule is COCCCNC(=O)[C@H]1CC(=O)N(Cc2ccccc2OC)C1. The van der Waals surface area contributed by atoms with Gasteiger partial charge in [-0.05, 0) is 12.5 Å². The minimum absolute atomic E-state index is 0.00736. The van der Waals surface area contributed by atoms with E-state index in [4.69, 9.17) is 9.47 Å². The van der Waals surface area contributed by atoms with Crippen LogP contribution >= 0.6 is 0 Å². The van der Waals surface area contributed by atoms with Crippen LogP contribution in [0.5, 0.6) is 5.75 Å². The number of nitrogens with zero attached hydrogens (tertiary/aromatic N) is 1. The Morgan fingerprint density at radius 2 is 2.13 bits per heavy atom. The number of benzene rings is 1. The molecule has 1 aromatic carbocycles. The van der Waals surface area contributed by atoms with Crippen molar-refractivity contribution in [2.75, 3.05) is 33.9 Å². The van der Waals surface area contributed by atoms with E-state index in [1.54, 1.807) is 19.1 Å². The van der Waals surface area contributed by atoms with E-state index in [9.17, 15) is 9.59 Å². The highest BCUT2D eigenvalue weighted by Crippen LogP contribution is 2.24. The first-order chi connectivity index (χ1) is 11.2. The summed E-state index contributed by atoms with van der Waals surface area (Å²) in [6.45, 7) is 2.11. The van der Waals surface area contributed by atoms with Crippen molar-refractivity contribution in [1.29, 1.82) is 0 Å². The van der Waals surface area contributed by atoms with Crippen LogP contribution in [-0.2, 0) is 20.9 Å². The van der Waals surface area contributed by atoms with Gasteiger partial charge in [0, 0.05) is 45.3 Å². The van der Waals surface area contributed by atoms with Crippen LogP contribution < -0.4 is 10.1 Å². The number of amides is 2. The molecule has 1 N–H and O–H groups in total. The van der Waals surface area contributed by atoms with E-state index in [1.165, 1.54) is 0 Å². The second-order valence-electron chi connectivity index (χ2n) is 5.62. The first-order valence-electron chi connectivity index (χ1n) is 7.82. The lowest BCUT2D eigenvalue weighted by Crippen LogP contribution is -2.33. The lowest BCUT2D eigenvalue weighted by atomic mass is 10.1. The van der Waals surface area contributed by atoms with Crippen molar-refractivity contribution >= 4 is 11.8 Å². The molecule has 1 saturated heterocycles. The maximum atomic E-state index is 12.2. The second-order valence-corrected chi connectivity index (χ2v) is 5.62. The van der Waals surface area contributed by atoms with E-state index >= 15 is 0 Å². The molecule has 23 heavy (non-hydrogen) atoms. The number of carbonyl (C=O) groups is 2. The average molecular weight is 320 g/mol. The first-order valence-corrected chi connectivity index (χ1v) is 7.82. The highest BCUT2D eigenvalue weighted by molar-refractivity contribution is 5.89. The van der Waals surface area contributed by atoms with Crippen molar-refractivity contribution in [1.82, 2.24) is 10.2 Å². The van der Waals surface area contributed by atoms with Crippen LogP contribution in [0.1, 0.15) is 18.4 Å². The molecule has 6 nitrogen and oxygen atoms in total. The molecule has 2 rings (SSSR count). The van der Waals surface area contributed by atoms with Crippen molar-refractivity contribution in [2.45, 2.75) is 19.4 Å². The van der Waals surface area contributed by atoms with Gasteiger partial charge in [-0.3, -0.25) is 9.59 Å². The van der Waals surface area contributed by atoms with Crippen molar-refractivity contribution < 1.29 is 19.1 Å². The number of carbonyl (C=O) groups excluding carboxylic acids is 2. The van der Waals surface area contributed by atoms with Gasteiger partial charge >= 0.3 is 0 Å². The van der Waals surface area contributed by atoms with E-state index < -0.39 is 0 Å². The van der Waals surface area contributed by atoms with Crippen LogP contribution in [-0.4, -0.2) is 50.6 Å². The highest BCUT2D eigenvalue weighted by atomic mass is 16.5. The molecule has 0 unspecified atom stereocenters. The van der Waals surface area contributed by atoms with Crippen LogP contribution in [0.25, 0.3) is 0 Å². The predicted molar refractivity (Wildman–Crippen MR) is 86.0 cm³/mol. The fourth-order valence-electron chi connectivity index (χ4n) is 2.71. The standard InChI is InChI=1S/C17H24N2O4/c1-22-9-5-8-18-17(21)14-10-16(20)19(12-14)11-13-6-3-4-7-15(13)23-2/h3-4,6-7,14H,5,8-12H2,1-2H3,(H,18,21)/t14-/m0/s1. The Kier molecular flexibility index (Phi) is 6.40. The van der Waals surface area contributed by atoms with Crippen LogP contribution in [0.15, 0.2) is 24.3 Å². The summed E-state index contributed by atoms with van der Waals surface area (Å²) in [7, 11) is 3.24. The second kappa shape index (κ2) is 8.53. The Morgan fingerprint density at radius 1 is 1.35 bits per heavy atom. The average Bonchev–Trinajstić information content (AvgIpc) is 2.93. The third kappa shape index (κ3) is 4.69. The Hall–Kier alpha value is -2.08. The summed E-state index contributed by atoms with van der Waals surface area (Å²) in [5, 5.41) is 2.86. The van der Waals surface area contributed by atoms with Gasteiger partial charge in [-0.1, -0.05) is 18.2 Å². The van der Waals surface area contributed by atoms with Gasteiger partial charge < -0.3 is 19.7 Å². The molecule has 0 radical (unpaired) electrons. The van der Waals surface area contributed by atoms with Crippen molar-refractivity contribution in [3.05, 3.63) is 29.8 Å². The Labute approximate surface area is 136 Å². The number of likely N-dealkylation sites (tertiary alicyclic amines) is 1. The van der Waals surface area contributed by atoms with Crippen LogP contribution in [0.3, 0.4) is 0 Å². The molecule has 126 valence electrons. The van der Waals surface area contributed by atoms with E-state index in [0.717, 1.165) is 17.7 Å². The first kappa shape index (κ1) is 17.3. The molecule has 2 amide bonds. The predicted octanol–water partition coefficient (Wildman–Crippen LogP) is 1.20. The summed E-state index contributed by atoms with van der Waals surface area (Å²) in [6, 6.07) is 7.61. The molecular formula is C17H24N2O4. The van der Waals surface area contributed by atoms with Gasteiger partial charge in [-0.2, -0.15) is 0 Å². The molecule has 1 fully saturated rings. The van der Waals surface area contributed by atoms with Crippen molar-refractivity contribution in [3.8, 4) is 5.75 Å². The molecule has 1 atom stereocenters. The highest BCUT2D eigenvalue weighted by Gasteiger charge is 2.34. The molecule has 6 heteroatoms. The number of hydrogen-bond acceptors (Lipinski definition) is 4. The number of ether oxygens (including phenoxy) is 2. The minimum Gasteiger partial charge on any atom is -0.496 e. The van der Waals surface area contributed by atoms with Gasteiger partial charge in [0.05, 0.1) is 13.0 Å². The van der Waals surface area contributed by atoms with Gasteiger partial charge in [0.1, 0.15) is 5.75 Å². The number of methoxy groups -OCH3 is 2. The maximum Gasteiger partial charge on any atom is 0.225 e. The zero-order valence-electron chi connectivity index (χ0n) is 13.7. The summed E-state index contributed by atoms with van der Waals surface area (Å²) in [5.74, 6) is 0.428. The summed E-state index contributed by atoms with van der Waals surface area (Å²) >= 11 is 0. The monoisotopic (exact) mass is 320 g/mol. The van der Waals surface area contributed by atoms with Gasteiger partial charge in [-0.25, -0.2) is 0 Å². The third-order valence-electron chi connectivity index (χ3n) is 3.96.